The average molecular weight is 373 g/mol. The largest absolute Gasteiger partial charge is 0.350 e. The average Bonchev–Trinajstić information content (AvgIpc) is 2.55. The first-order valence-electron chi connectivity index (χ1n) is 6.85. The van der Waals surface area contributed by atoms with E-state index in [9.17, 15) is 18.4 Å². The van der Waals surface area contributed by atoms with E-state index >= 15 is 0 Å². The van der Waals surface area contributed by atoms with Gasteiger partial charge >= 0.3 is 0 Å². The van der Waals surface area contributed by atoms with Crippen molar-refractivity contribution in [3.05, 3.63) is 69.2 Å². The lowest BCUT2D eigenvalue weighted by Gasteiger charge is -2.09. The highest BCUT2D eigenvalue weighted by atomic mass is 35.5. The maximum absolute atomic E-state index is 13.4. The molecule has 0 aliphatic rings. The molecule has 0 saturated carbocycles. The van der Waals surface area contributed by atoms with E-state index in [0.29, 0.717) is 0 Å². The second-order valence-corrected chi connectivity index (χ2v) is 5.55. The van der Waals surface area contributed by atoms with E-state index in [4.69, 9.17) is 23.2 Å². The van der Waals surface area contributed by atoms with Crippen LogP contribution in [0.15, 0.2) is 36.4 Å². The summed E-state index contributed by atoms with van der Waals surface area (Å²) in [7, 11) is 0. The van der Waals surface area contributed by atoms with Crippen molar-refractivity contribution in [3.63, 3.8) is 0 Å². The molecule has 0 spiro atoms. The summed E-state index contributed by atoms with van der Waals surface area (Å²) in [5, 5.41) is 4.75. The normalized spacial score (nSPS) is 10.3. The van der Waals surface area contributed by atoms with Crippen molar-refractivity contribution in [2.75, 3.05) is 13.1 Å². The van der Waals surface area contributed by atoms with E-state index < -0.39 is 23.4 Å². The Labute approximate surface area is 146 Å². The van der Waals surface area contributed by atoms with Gasteiger partial charge in [0.2, 0.25) is 0 Å². The Balaban J connectivity index is 1.86. The van der Waals surface area contributed by atoms with E-state index in [1.807, 2.05) is 0 Å². The molecule has 2 aromatic rings. The van der Waals surface area contributed by atoms with E-state index in [-0.39, 0.29) is 34.3 Å². The zero-order valence-electron chi connectivity index (χ0n) is 12.2. The minimum atomic E-state index is -0.765. The van der Waals surface area contributed by atoms with Crippen LogP contribution in [-0.4, -0.2) is 24.9 Å². The first-order valence-corrected chi connectivity index (χ1v) is 7.61. The first kappa shape index (κ1) is 18.2. The van der Waals surface area contributed by atoms with Crippen LogP contribution < -0.4 is 10.6 Å². The predicted octanol–water partition coefficient (Wildman–Crippen LogP) is 3.43. The molecule has 4 nitrogen and oxygen atoms in total. The van der Waals surface area contributed by atoms with Crippen molar-refractivity contribution in [2.24, 2.45) is 0 Å². The van der Waals surface area contributed by atoms with Gasteiger partial charge in [0.05, 0.1) is 21.2 Å². The summed E-state index contributed by atoms with van der Waals surface area (Å²) in [5.74, 6) is -2.62. The lowest BCUT2D eigenvalue weighted by Crippen LogP contribution is -2.35. The molecule has 0 saturated heterocycles. The van der Waals surface area contributed by atoms with Gasteiger partial charge in [0, 0.05) is 13.1 Å². The molecule has 0 fully saturated rings. The molecule has 8 heteroatoms. The van der Waals surface area contributed by atoms with E-state index in [1.165, 1.54) is 24.3 Å². The van der Waals surface area contributed by atoms with Crippen LogP contribution in [0, 0.1) is 11.6 Å². The summed E-state index contributed by atoms with van der Waals surface area (Å²) < 4.78 is 26.8. The number of amides is 2. The third-order valence-corrected chi connectivity index (χ3v) is 3.67. The second-order valence-electron chi connectivity index (χ2n) is 4.74. The molecule has 0 bridgehead atoms. The zero-order chi connectivity index (χ0) is 17.7. The van der Waals surface area contributed by atoms with Crippen LogP contribution in [0.4, 0.5) is 8.78 Å². The Morgan fingerprint density at radius 3 is 2.04 bits per heavy atom. The van der Waals surface area contributed by atoms with Crippen LogP contribution in [0.2, 0.25) is 10.0 Å². The number of nitrogens with one attached hydrogen (secondary N) is 2. The van der Waals surface area contributed by atoms with Gasteiger partial charge in [-0.1, -0.05) is 35.3 Å². The molecule has 0 aliphatic carbocycles. The Bertz CT molecular complexity index is 785. The molecular weight excluding hydrogens is 361 g/mol. The number of hydrogen-bond donors (Lipinski definition) is 2. The third-order valence-electron chi connectivity index (χ3n) is 3.07. The van der Waals surface area contributed by atoms with Crippen LogP contribution in [0.5, 0.6) is 0 Å². The minimum absolute atomic E-state index is 0.00860. The number of benzene rings is 2. The van der Waals surface area contributed by atoms with Gasteiger partial charge in [0.15, 0.2) is 0 Å². The van der Waals surface area contributed by atoms with Crippen molar-refractivity contribution in [1.29, 1.82) is 0 Å². The molecule has 0 aromatic heterocycles. The number of halogens is 4. The van der Waals surface area contributed by atoms with Crippen molar-refractivity contribution in [2.45, 2.75) is 0 Å². The molecule has 2 rings (SSSR count). The van der Waals surface area contributed by atoms with Gasteiger partial charge in [-0.05, 0) is 24.3 Å². The van der Waals surface area contributed by atoms with Crippen LogP contribution in [-0.2, 0) is 0 Å². The van der Waals surface area contributed by atoms with Crippen LogP contribution in [0.25, 0.3) is 0 Å². The molecule has 2 N–H and O–H groups in total. The Hall–Kier alpha value is -2.18. The number of carbonyl (C=O) groups excluding carboxylic acids is 2. The van der Waals surface area contributed by atoms with Gasteiger partial charge in [-0.3, -0.25) is 9.59 Å². The van der Waals surface area contributed by atoms with Crippen molar-refractivity contribution in [1.82, 2.24) is 10.6 Å². The van der Waals surface area contributed by atoms with Gasteiger partial charge in [0.25, 0.3) is 11.8 Å². The predicted molar refractivity (Wildman–Crippen MR) is 87.5 cm³/mol. The third kappa shape index (κ3) is 4.43. The summed E-state index contributed by atoms with van der Waals surface area (Å²) >= 11 is 11.4. The highest BCUT2D eigenvalue weighted by Gasteiger charge is 2.14. The minimum Gasteiger partial charge on any atom is -0.350 e. The topological polar surface area (TPSA) is 58.2 Å². The molecule has 2 aromatic carbocycles. The second kappa shape index (κ2) is 8.08. The van der Waals surface area contributed by atoms with Gasteiger partial charge < -0.3 is 10.6 Å². The van der Waals surface area contributed by atoms with Gasteiger partial charge in [-0.15, -0.1) is 0 Å². The molecule has 0 radical (unpaired) electrons. The molecule has 24 heavy (non-hydrogen) atoms. The summed E-state index contributed by atoms with van der Waals surface area (Å²) in [5.41, 5.74) is -0.161. The molecule has 0 atom stereocenters. The van der Waals surface area contributed by atoms with Crippen molar-refractivity contribution < 1.29 is 18.4 Å². The number of carbonyl (C=O) groups is 2. The highest BCUT2D eigenvalue weighted by Crippen LogP contribution is 2.24. The highest BCUT2D eigenvalue weighted by molar-refractivity contribution is 6.36. The van der Waals surface area contributed by atoms with E-state index in [1.54, 1.807) is 0 Å². The summed E-state index contributed by atoms with van der Waals surface area (Å²) in [6.07, 6.45) is 0. The molecule has 126 valence electrons. The lowest BCUT2D eigenvalue weighted by molar-refractivity contribution is 0.0925. The first-order chi connectivity index (χ1) is 11.4. The number of rotatable bonds is 5. The monoisotopic (exact) mass is 372 g/mol. The molecular formula is C16H12Cl2F2N2O2. The smallest absolute Gasteiger partial charge is 0.254 e. The van der Waals surface area contributed by atoms with Crippen molar-refractivity contribution >= 4 is 35.0 Å². The van der Waals surface area contributed by atoms with Gasteiger partial charge in [-0.2, -0.15) is 0 Å². The summed E-state index contributed by atoms with van der Waals surface area (Å²) in [6, 6.07) is 7.59. The fraction of sp³-hybridized carbons (Fsp3) is 0.125. The Morgan fingerprint density at radius 2 is 1.42 bits per heavy atom. The van der Waals surface area contributed by atoms with E-state index in [2.05, 4.69) is 10.6 Å². The molecule has 2 amide bonds. The standard InChI is InChI=1S/C16H12Cl2F2N2O2/c17-11-8-12(18)14(20)7-10(11)16(24)22-6-5-21-15(23)9-3-1-2-4-13(9)19/h1-4,7-8H,5-6H2,(H,21,23)(H,22,24). The fourth-order valence-electron chi connectivity index (χ4n) is 1.88. The quantitative estimate of drug-likeness (QED) is 0.623. The van der Waals surface area contributed by atoms with Crippen LogP contribution >= 0.6 is 23.2 Å². The maximum atomic E-state index is 13.4. The number of hydrogen-bond acceptors (Lipinski definition) is 2. The van der Waals surface area contributed by atoms with Gasteiger partial charge in [0.1, 0.15) is 11.6 Å². The lowest BCUT2D eigenvalue weighted by atomic mass is 10.2. The molecule has 0 aliphatic heterocycles. The zero-order valence-corrected chi connectivity index (χ0v) is 13.7. The maximum Gasteiger partial charge on any atom is 0.254 e. The van der Waals surface area contributed by atoms with Crippen LogP contribution in [0.1, 0.15) is 20.7 Å². The van der Waals surface area contributed by atoms with Gasteiger partial charge in [-0.25, -0.2) is 8.78 Å². The SMILES string of the molecule is O=C(NCCNC(=O)c1cc(F)c(Cl)cc1Cl)c1ccccc1F. The van der Waals surface area contributed by atoms with Crippen molar-refractivity contribution in [3.8, 4) is 0 Å². The van der Waals surface area contributed by atoms with Crippen LogP contribution in [0.3, 0.4) is 0 Å². The molecule has 0 heterocycles. The molecule has 0 unspecified atom stereocenters. The summed E-state index contributed by atoms with van der Waals surface area (Å²) in [6.45, 7) is 0.117. The summed E-state index contributed by atoms with van der Waals surface area (Å²) in [4.78, 5) is 23.7. The van der Waals surface area contributed by atoms with E-state index in [0.717, 1.165) is 12.1 Å². The fourth-order valence-corrected chi connectivity index (χ4v) is 2.35. The Kier molecular flexibility index (Phi) is 6.11. The Morgan fingerprint density at radius 1 is 0.833 bits per heavy atom.